The van der Waals surface area contributed by atoms with E-state index in [0.717, 1.165) is 0 Å². The average Bonchev–Trinajstić information content (AvgIpc) is 3.17. The predicted molar refractivity (Wildman–Crippen MR) is 112 cm³/mol. The lowest BCUT2D eigenvalue weighted by molar-refractivity contribution is -0.123. The second kappa shape index (κ2) is 10.2. The van der Waals surface area contributed by atoms with Gasteiger partial charge in [0.15, 0.2) is 0 Å². The first kappa shape index (κ1) is 22.6. The van der Waals surface area contributed by atoms with Gasteiger partial charge in [-0.3, -0.25) is 9.59 Å². The molecule has 2 N–H and O–H groups in total. The molecule has 2 aromatic heterocycles. The van der Waals surface area contributed by atoms with Gasteiger partial charge < -0.3 is 20.1 Å². The van der Waals surface area contributed by atoms with E-state index in [4.69, 9.17) is 9.47 Å². The zero-order chi connectivity index (χ0) is 21.6. The van der Waals surface area contributed by atoms with Gasteiger partial charge in [-0.2, -0.15) is 0 Å². The summed E-state index contributed by atoms with van der Waals surface area (Å²) in [5.74, 6) is -2.22. The van der Waals surface area contributed by atoms with Crippen LogP contribution in [0.3, 0.4) is 0 Å². The number of carbonyl (C=O) groups is 4. The van der Waals surface area contributed by atoms with Crippen molar-refractivity contribution in [2.75, 3.05) is 23.8 Å². The van der Waals surface area contributed by atoms with Gasteiger partial charge in [-0.15, -0.1) is 22.7 Å². The van der Waals surface area contributed by atoms with Crippen molar-refractivity contribution in [3.05, 3.63) is 33.0 Å². The maximum Gasteiger partial charge on any atom is 0.341 e. The van der Waals surface area contributed by atoms with Crippen molar-refractivity contribution in [2.45, 2.75) is 34.1 Å². The Morgan fingerprint density at radius 1 is 0.793 bits per heavy atom. The molecule has 0 spiro atoms. The molecule has 0 saturated carbocycles. The number of anilines is 2. The van der Waals surface area contributed by atoms with Gasteiger partial charge in [-0.1, -0.05) is 0 Å². The maximum absolute atomic E-state index is 12.3. The Hall–Kier alpha value is -2.72. The summed E-state index contributed by atoms with van der Waals surface area (Å²) in [5.41, 5.74) is 1.93. The molecule has 0 aliphatic carbocycles. The number of amides is 2. The van der Waals surface area contributed by atoms with Gasteiger partial charge >= 0.3 is 11.9 Å². The van der Waals surface area contributed by atoms with E-state index in [0.29, 0.717) is 21.1 Å². The van der Waals surface area contributed by atoms with Crippen LogP contribution in [0.2, 0.25) is 0 Å². The van der Waals surface area contributed by atoms with Crippen molar-refractivity contribution in [1.29, 1.82) is 0 Å². The van der Waals surface area contributed by atoms with Gasteiger partial charge in [0.2, 0.25) is 11.8 Å². The summed E-state index contributed by atoms with van der Waals surface area (Å²) in [6, 6.07) is 0. The van der Waals surface area contributed by atoms with Gasteiger partial charge in [0.1, 0.15) is 16.4 Å². The normalized spacial score (nSPS) is 10.3. The van der Waals surface area contributed by atoms with Crippen molar-refractivity contribution in [3.8, 4) is 0 Å². The molecule has 8 nitrogen and oxygen atoms in total. The van der Waals surface area contributed by atoms with Gasteiger partial charge in [-0.25, -0.2) is 9.59 Å². The number of rotatable bonds is 8. The van der Waals surface area contributed by atoms with Crippen LogP contribution in [0.15, 0.2) is 10.8 Å². The number of carbonyl (C=O) groups excluding carboxylic acids is 4. The molecule has 2 aromatic rings. The van der Waals surface area contributed by atoms with Crippen LogP contribution in [0.1, 0.15) is 52.1 Å². The zero-order valence-corrected chi connectivity index (χ0v) is 18.2. The lowest BCUT2D eigenvalue weighted by Crippen LogP contribution is -2.22. The van der Waals surface area contributed by atoms with E-state index in [-0.39, 0.29) is 24.3 Å². The molecular formula is C19H22N2O6S2. The highest BCUT2D eigenvalue weighted by Crippen LogP contribution is 2.30. The fourth-order valence-electron chi connectivity index (χ4n) is 2.47. The lowest BCUT2D eigenvalue weighted by Gasteiger charge is -2.08. The van der Waals surface area contributed by atoms with Crippen LogP contribution in [0.5, 0.6) is 0 Å². The molecule has 2 amide bonds. The molecule has 0 aromatic carbocycles. The zero-order valence-electron chi connectivity index (χ0n) is 16.5. The maximum atomic E-state index is 12.3. The summed E-state index contributed by atoms with van der Waals surface area (Å²) >= 11 is 2.36. The van der Waals surface area contributed by atoms with E-state index in [1.54, 1.807) is 38.5 Å². The fourth-order valence-corrected chi connectivity index (χ4v) is 4.37. The first-order valence-corrected chi connectivity index (χ1v) is 10.6. The third-order valence-corrected chi connectivity index (χ3v) is 5.76. The van der Waals surface area contributed by atoms with E-state index >= 15 is 0 Å². The summed E-state index contributed by atoms with van der Waals surface area (Å²) in [5, 5.41) is 9.27. The van der Waals surface area contributed by atoms with E-state index in [1.165, 1.54) is 22.7 Å². The summed E-state index contributed by atoms with van der Waals surface area (Å²) in [4.78, 5) is 48.7. The van der Waals surface area contributed by atoms with Crippen molar-refractivity contribution in [1.82, 2.24) is 0 Å². The molecule has 0 aliphatic heterocycles. The smallest absolute Gasteiger partial charge is 0.341 e. The monoisotopic (exact) mass is 438 g/mol. The Kier molecular flexibility index (Phi) is 7.91. The minimum atomic E-state index is -0.583. The van der Waals surface area contributed by atoms with Crippen LogP contribution in [0.25, 0.3) is 0 Å². The molecular weight excluding hydrogens is 416 g/mol. The summed E-state index contributed by atoms with van der Waals surface area (Å²) < 4.78 is 10.0. The molecule has 29 heavy (non-hydrogen) atoms. The molecule has 0 unspecified atom stereocenters. The number of hydrogen-bond donors (Lipinski definition) is 2. The van der Waals surface area contributed by atoms with Gasteiger partial charge in [0.05, 0.1) is 24.3 Å². The quantitative estimate of drug-likeness (QED) is 0.480. The fraction of sp³-hybridized carbons (Fsp3) is 0.368. The molecule has 156 valence electrons. The van der Waals surface area contributed by atoms with Crippen molar-refractivity contribution in [2.24, 2.45) is 0 Å². The van der Waals surface area contributed by atoms with Gasteiger partial charge in [0, 0.05) is 0 Å². The number of esters is 2. The Labute approximate surface area is 176 Å². The van der Waals surface area contributed by atoms with Gasteiger partial charge in [-0.05, 0) is 49.6 Å². The summed E-state index contributed by atoms with van der Waals surface area (Å²) in [6.07, 6.45) is -0.474. The SMILES string of the molecule is CCOC(=O)c1c(C)csc1NC(=O)CC(=O)Nc1scc(C)c1C(=O)OCC. The summed E-state index contributed by atoms with van der Waals surface area (Å²) in [6.45, 7) is 7.29. The minimum absolute atomic E-state index is 0.215. The van der Waals surface area contributed by atoms with E-state index in [1.807, 2.05) is 0 Å². The Balaban J connectivity index is 2.04. The minimum Gasteiger partial charge on any atom is -0.462 e. The molecule has 2 heterocycles. The molecule has 0 radical (unpaired) electrons. The van der Waals surface area contributed by atoms with E-state index in [2.05, 4.69) is 10.6 Å². The first-order chi connectivity index (χ1) is 13.8. The van der Waals surface area contributed by atoms with Crippen molar-refractivity contribution < 1.29 is 28.7 Å². The van der Waals surface area contributed by atoms with Crippen LogP contribution in [-0.2, 0) is 19.1 Å². The molecule has 0 atom stereocenters. The van der Waals surface area contributed by atoms with Crippen LogP contribution in [0.4, 0.5) is 10.0 Å². The highest BCUT2D eigenvalue weighted by molar-refractivity contribution is 7.15. The molecule has 0 fully saturated rings. The molecule has 2 rings (SSSR count). The Bertz CT molecular complexity index is 857. The van der Waals surface area contributed by atoms with E-state index in [9.17, 15) is 19.2 Å². The average molecular weight is 439 g/mol. The highest BCUT2D eigenvalue weighted by atomic mass is 32.1. The number of nitrogens with one attached hydrogen (secondary N) is 2. The number of aryl methyl sites for hydroxylation is 2. The van der Waals surface area contributed by atoms with Crippen LogP contribution >= 0.6 is 22.7 Å². The van der Waals surface area contributed by atoms with Crippen LogP contribution < -0.4 is 10.6 Å². The lowest BCUT2D eigenvalue weighted by atomic mass is 10.2. The molecule has 0 saturated heterocycles. The second-order valence-corrected chi connectivity index (χ2v) is 7.72. The third-order valence-electron chi connectivity index (χ3n) is 3.74. The van der Waals surface area contributed by atoms with Crippen molar-refractivity contribution >= 4 is 56.4 Å². The standard InChI is InChI=1S/C19H22N2O6S2/c1-5-26-18(24)14-10(3)8-28-16(14)20-12(22)7-13(23)21-17-15(11(4)9-29-17)19(25)27-6-2/h8-9H,5-7H2,1-4H3,(H,20,22)(H,21,23). The highest BCUT2D eigenvalue weighted by Gasteiger charge is 2.22. The van der Waals surface area contributed by atoms with Gasteiger partial charge in [0.25, 0.3) is 0 Å². The predicted octanol–water partition coefficient (Wildman–Crippen LogP) is 3.75. The number of thiophene rings is 2. The van der Waals surface area contributed by atoms with E-state index < -0.39 is 30.2 Å². The number of ether oxygens (including phenoxy) is 2. The van der Waals surface area contributed by atoms with Crippen molar-refractivity contribution in [3.63, 3.8) is 0 Å². The third kappa shape index (κ3) is 5.64. The molecule has 10 heteroatoms. The summed E-state index contributed by atoms with van der Waals surface area (Å²) in [7, 11) is 0. The Morgan fingerprint density at radius 2 is 1.17 bits per heavy atom. The number of hydrogen-bond acceptors (Lipinski definition) is 8. The topological polar surface area (TPSA) is 111 Å². The van der Waals surface area contributed by atoms with Crippen LogP contribution in [0, 0.1) is 13.8 Å². The second-order valence-electron chi connectivity index (χ2n) is 5.96. The first-order valence-electron chi connectivity index (χ1n) is 8.88. The largest absolute Gasteiger partial charge is 0.462 e. The molecule has 0 bridgehead atoms. The van der Waals surface area contributed by atoms with Crippen LogP contribution in [-0.4, -0.2) is 37.0 Å². The Morgan fingerprint density at radius 3 is 1.52 bits per heavy atom. The molecule has 0 aliphatic rings.